The molecule has 1 unspecified atom stereocenters. The van der Waals surface area contributed by atoms with Crippen LogP contribution in [0.3, 0.4) is 0 Å². The molecule has 154 valence electrons. The number of benzene rings is 2. The van der Waals surface area contributed by atoms with E-state index in [1.807, 2.05) is 0 Å². The Hall–Kier alpha value is -2.17. The van der Waals surface area contributed by atoms with Crippen LogP contribution in [0.5, 0.6) is 5.75 Å². The van der Waals surface area contributed by atoms with Crippen molar-refractivity contribution in [1.29, 1.82) is 0 Å². The molecule has 1 atom stereocenters. The predicted molar refractivity (Wildman–Crippen MR) is 96.8 cm³/mol. The summed E-state index contributed by atoms with van der Waals surface area (Å²) < 4.78 is 81.5. The Morgan fingerprint density at radius 1 is 1.04 bits per heavy atom. The zero-order valence-corrected chi connectivity index (χ0v) is 15.8. The summed E-state index contributed by atoms with van der Waals surface area (Å²) in [6.45, 7) is 1.20. The predicted octanol–water partition coefficient (Wildman–Crippen LogP) is 3.15. The van der Waals surface area contributed by atoms with Crippen molar-refractivity contribution in [3.05, 3.63) is 65.5 Å². The Morgan fingerprint density at radius 2 is 1.64 bits per heavy atom. The van der Waals surface area contributed by atoms with Crippen LogP contribution in [0.4, 0.5) is 17.6 Å². The van der Waals surface area contributed by atoms with Crippen LogP contribution >= 0.6 is 0 Å². The van der Waals surface area contributed by atoms with E-state index in [1.165, 1.54) is 48.5 Å². The second-order valence-corrected chi connectivity index (χ2v) is 7.87. The van der Waals surface area contributed by atoms with E-state index >= 15 is 0 Å². The van der Waals surface area contributed by atoms with Gasteiger partial charge in [0.2, 0.25) is 10.0 Å². The topological polar surface area (TPSA) is 67.4 Å². The molecular formula is C18H20F4N2O3S. The fourth-order valence-electron chi connectivity index (χ4n) is 2.37. The first-order valence-electron chi connectivity index (χ1n) is 8.26. The van der Waals surface area contributed by atoms with E-state index in [0.717, 1.165) is 5.56 Å². The highest BCUT2D eigenvalue weighted by Crippen LogP contribution is 2.33. The summed E-state index contributed by atoms with van der Waals surface area (Å²) in [7, 11) is -4.03. The summed E-state index contributed by atoms with van der Waals surface area (Å²) in [5, 5.41) is 3.07. The Bertz CT molecular complexity index is 854. The highest BCUT2D eigenvalue weighted by molar-refractivity contribution is 7.88. The average molecular weight is 420 g/mol. The minimum Gasteiger partial charge on any atom is -0.492 e. The Kier molecular flexibility index (Phi) is 7.39. The van der Waals surface area contributed by atoms with Gasteiger partial charge in [0, 0.05) is 13.1 Å². The van der Waals surface area contributed by atoms with Crippen molar-refractivity contribution in [3.8, 4) is 5.75 Å². The molecule has 2 aromatic rings. The second-order valence-electron chi connectivity index (χ2n) is 6.09. The molecule has 0 heterocycles. The van der Waals surface area contributed by atoms with E-state index in [4.69, 9.17) is 4.74 Å². The molecule has 2 N–H and O–H groups in total. The van der Waals surface area contributed by atoms with Crippen molar-refractivity contribution in [2.24, 2.45) is 0 Å². The molecule has 0 aliphatic rings. The fourth-order valence-corrected chi connectivity index (χ4v) is 3.07. The summed E-state index contributed by atoms with van der Waals surface area (Å²) in [6.07, 6.45) is -4.07. The lowest BCUT2D eigenvalue weighted by Crippen LogP contribution is -2.37. The normalized spacial score (nSPS) is 13.3. The van der Waals surface area contributed by atoms with Gasteiger partial charge in [-0.05, 0) is 35.4 Å². The molecule has 0 saturated carbocycles. The summed E-state index contributed by atoms with van der Waals surface area (Å²) in [6, 6.07) is 8.76. The van der Waals surface area contributed by atoms with E-state index in [0.29, 0.717) is 31.7 Å². The minimum atomic E-state index is -4.75. The van der Waals surface area contributed by atoms with Crippen LogP contribution < -0.4 is 14.8 Å². The Balaban J connectivity index is 1.85. The number of sulfonamides is 1. The molecule has 0 aliphatic heterocycles. The largest absolute Gasteiger partial charge is 0.492 e. The molecule has 5 nitrogen and oxygen atoms in total. The molecule has 2 rings (SSSR count). The average Bonchev–Trinajstić information content (AvgIpc) is 2.60. The smallest absolute Gasteiger partial charge is 0.408 e. The van der Waals surface area contributed by atoms with Gasteiger partial charge in [0.15, 0.2) is 0 Å². The molecule has 2 aromatic carbocycles. The Morgan fingerprint density at radius 3 is 2.18 bits per heavy atom. The van der Waals surface area contributed by atoms with Gasteiger partial charge >= 0.3 is 6.18 Å². The van der Waals surface area contributed by atoms with Gasteiger partial charge < -0.3 is 10.1 Å². The zero-order valence-electron chi connectivity index (χ0n) is 15.0. The van der Waals surface area contributed by atoms with Crippen molar-refractivity contribution < 1.29 is 30.7 Å². The number of rotatable bonds is 9. The first-order valence-corrected chi connectivity index (χ1v) is 10.2. The third-order valence-corrected chi connectivity index (χ3v) is 4.33. The maximum absolute atomic E-state index is 13.1. The van der Waals surface area contributed by atoms with E-state index in [1.54, 1.807) is 4.72 Å². The number of nitrogens with one attached hydrogen (secondary N) is 2. The monoisotopic (exact) mass is 420 g/mol. The number of ether oxygens (including phenoxy) is 1. The summed E-state index contributed by atoms with van der Waals surface area (Å²) in [5.74, 6) is 0.178. The molecule has 0 radical (unpaired) electrons. The van der Waals surface area contributed by atoms with Crippen molar-refractivity contribution in [2.75, 3.05) is 19.4 Å². The summed E-state index contributed by atoms with van der Waals surface area (Å²) >= 11 is 0. The van der Waals surface area contributed by atoms with Crippen molar-refractivity contribution in [3.63, 3.8) is 0 Å². The van der Waals surface area contributed by atoms with Gasteiger partial charge in [-0.25, -0.2) is 12.8 Å². The van der Waals surface area contributed by atoms with Gasteiger partial charge in [0.05, 0.1) is 6.26 Å². The zero-order chi connectivity index (χ0) is 20.8. The number of hydrogen-bond donors (Lipinski definition) is 2. The van der Waals surface area contributed by atoms with Crippen LogP contribution in [0.25, 0.3) is 0 Å². The second kappa shape index (κ2) is 9.35. The number of alkyl halides is 3. The lowest BCUT2D eigenvalue weighted by atomic mass is 10.1. The van der Waals surface area contributed by atoms with Gasteiger partial charge in [-0.1, -0.05) is 24.3 Å². The minimum absolute atomic E-state index is 0.193. The van der Waals surface area contributed by atoms with E-state index in [9.17, 15) is 26.0 Å². The number of halogens is 4. The van der Waals surface area contributed by atoms with Gasteiger partial charge in [0.1, 0.15) is 24.2 Å². The molecule has 0 spiro atoms. The van der Waals surface area contributed by atoms with E-state index < -0.39 is 22.2 Å². The molecule has 0 aromatic heterocycles. The molecule has 0 amide bonds. The quantitative estimate of drug-likeness (QED) is 0.483. The van der Waals surface area contributed by atoms with Crippen molar-refractivity contribution in [2.45, 2.75) is 18.8 Å². The molecular weight excluding hydrogens is 400 g/mol. The third-order valence-electron chi connectivity index (χ3n) is 3.66. The molecule has 0 fully saturated rings. The van der Waals surface area contributed by atoms with Crippen molar-refractivity contribution >= 4 is 10.0 Å². The maximum Gasteiger partial charge on any atom is 0.408 e. The van der Waals surface area contributed by atoms with Crippen LogP contribution in [-0.2, 0) is 16.6 Å². The van der Waals surface area contributed by atoms with Crippen LogP contribution in [-0.4, -0.2) is 34.0 Å². The lowest BCUT2D eigenvalue weighted by molar-refractivity contribution is -0.153. The van der Waals surface area contributed by atoms with Crippen molar-refractivity contribution in [1.82, 2.24) is 10.0 Å². The molecule has 0 saturated heterocycles. The number of hydrogen-bond acceptors (Lipinski definition) is 4. The van der Waals surface area contributed by atoms with Crippen LogP contribution in [0.15, 0.2) is 48.5 Å². The third kappa shape index (κ3) is 7.45. The summed E-state index contributed by atoms with van der Waals surface area (Å²) in [5.41, 5.74) is 0.534. The molecule has 0 bridgehead atoms. The van der Waals surface area contributed by atoms with Gasteiger partial charge in [-0.3, -0.25) is 0 Å². The van der Waals surface area contributed by atoms with Crippen LogP contribution in [0, 0.1) is 5.82 Å². The standard InChI is InChI=1S/C18H20F4N2O3S/c1-28(25,26)24-17(18(20,21)22)14-4-2-13(3-5-14)12-23-10-11-27-16-8-6-15(19)7-9-16/h2-9,17,23-24H,10-12H2,1H3. The molecule has 28 heavy (non-hydrogen) atoms. The van der Waals surface area contributed by atoms with E-state index in [2.05, 4.69) is 5.32 Å². The SMILES string of the molecule is CS(=O)(=O)NC(c1ccc(CNCCOc2ccc(F)cc2)cc1)C(F)(F)F. The van der Waals surface area contributed by atoms with Gasteiger partial charge in [-0.15, -0.1) is 0 Å². The Labute approximate surface area is 160 Å². The first kappa shape index (κ1) is 22.1. The van der Waals surface area contributed by atoms with Crippen LogP contribution in [0.1, 0.15) is 17.2 Å². The highest BCUT2D eigenvalue weighted by atomic mass is 32.2. The van der Waals surface area contributed by atoms with Crippen LogP contribution in [0.2, 0.25) is 0 Å². The van der Waals surface area contributed by atoms with Gasteiger partial charge in [-0.2, -0.15) is 17.9 Å². The first-order chi connectivity index (χ1) is 13.0. The van der Waals surface area contributed by atoms with E-state index in [-0.39, 0.29) is 11.4 Å². The maximum atomic E-state index is 13.1. The highest BCUT2D eigenvalue weighted by Gasteiger charge is 2.42. The molecule has 10 heteroatoms. The lowest BCUT2D eigenvalue weighted by Gasteiger charge is -2.21. The summed E-state index contributed by atoms with van der Waals surface area (Å²) in [4.78, 5) is 0. The fraction of sp³-hybridized carbons (Fsp3) is 0.333. The molecule has 0 aliphatic carbocycles. The van der Waals surface area contributed by atoms with Gasteiger partial charge in [0.25, 0.3) is 0 Å².